The monoisotopic (exact) mass is 341 g/mol. The molecule has 1 amide bonds. The van der Waals surface area contributed by atoms with Gasteiger partial charge in [0.25, 0.3) is 0 Å². The van der Waals surface area contributed by atoms with E-state index in [0.717, 1.165) is 51.6 Å². The van der Waals surface area contributed by atoms with E-state index in [1.165, 1.54) is 7.11 Å². The molecule has 1 heterocycles. The van der Waals surface area contributed by atoms with Gasteiger partial charge in [0, 0.05) is 13.1 Å². The van der Waals surface area contributed by atoms with Crippen LogP contribution in [0.3, 0.4) is 0 Å². The standard InChI is InChI=1S/C18H31NO5/c1-17(2,3)24-16(21)19-11-9-18(10-12-19)7-5-14(6-8-18)23-13-15(20)22-4/h14H,5-13H2,1-4H3. The third-order valence-corrected chi connectivity index (χ3v) is 5.13. The van der Waals surface area contributed by atoms with Crippen molar-refractivity contribution in [1.82, 2.24) is 4.90 Å². The molecule has 2 aliphatic rings. The van der Waals surface area contributed by atoms with Crippen molar-refractivity contribution in [2.75, 3.05) is 26.8 Å². The Labute approximate surface area is 144 Å². The van der Waals surface area contributed by atoms with Crippen molar-refractivity contribution in [1.29, 1.82) is 0 Å². The number of carbonyl (C=O) groups is 2. The summed E-state index contributed by atoms with van der Waals surface area (Å²) in [6, 6.07) is 0. The second-order valence-corrected chi connectivity index (χ2v) is 8.05. The summed E-state index contributed by atoms with van der Waals surface area (Å²) in [5, 5.41) is 0. The van der Waals surface area contributed by atoms with Crippen LogP contribution in [0.1, 0.15) is 59.3 Å². The minimum atomic E-state index is -0.443. The second-order valence-electron chi connectivity index (χ2n) is 8.05. The van der Waals surface area contributed by atoms with Crippen LogP contribution < -0.4 is 0 Å². The Balaban J connectivity index is 1.74. The molecule has 1 spiro atoms. The Bertz CT molecular complexity index is 439. The highest BCUT2D eigenvalue weighted by Gasteiger charge is 2.40. The molecule has 0 aromatic rings. The van der Waals surface area contributed by atoms with Gasteiger partial charge in [-0.3, -0.25) is 0 Å². The van der Waals surface area contributed by atoms with E-state index >= 15 is 0 Å². The first-order chi connectivity index (χ1) is 11.2. The van der Waals surface area contributed by atoms with Gasteiger partial charge in [-0.2, -0.15) is 0 Å². The van der Waals surface area contributed by atoms with Crippen molar-refractivity contribution in [3.8, 4) is 0 Å². The van der Waals surface area contributed by atoms with Gasteiger partial charge in [-0.1, -0.05) is 0 Å². The molecule has 1 aliphatic carbocycles. The predicted octanol–water partition coefficient (Wildman–Crippen LogP) is 3.14. The Kier molecular flexibility index (Phi) is 6.12. The summed E-state index contributed by atoms with van der Waals surface area (Å²) in [7, 11) is 1.38. The Hall–Kier alpha value is -1.30. The minimum Gasteiger partial charge on any atom is -0.467 e. The van der Waals surface area contributed by atoms with E-state index in [0.29, 0.717) is 5.41 Å². The molecule has 0 aromatic heterocycles. The molecule has 1 aliphatic heterocycles. The number of hydrogen-bond donors (Lipinski definition) is 0. The van der Waals surface area contributed by atoms with Crippen LogP contribution in [0.15, 0.2) is 0 Å². The number of methoxy groups -OCH3 is 1. The van der Waals surface area contributed by atoms with Crippen LogP contribution >= 0.6 is 0 Å². The number of likely N-dealkylation sites (tertiary alicyclic amines) is 1. The topological polar surface area (TPSA) is 65.1 Å². The van der Waals surface area contributed by atoms with Crippen LogP contribution in [0.25, 0.3) is 0 Å². The average molecular weight is 341 g/mol. The van der Waals surface area contributed by atoms with Crippen molar-refractivity contribution < 1.29 is 23.8 Å². The first-order valence-corrected chi connectivity index (χ1v) is 8.89. The van der Waals surface area contributed by atoms with Crippen molar-refractivity contribution in [3.63, 3.8) is 0 Å². The normalized spacial score (nSPS) is 21.6. The first-order valence-electron chi connectivity index (χ1n) is 8.89. The molecular formula is C18H31NO5. The zero-order chi connectivity index (χ0) is 17.8. The number of carbonyl (C=O) groups excluding carboxylic acids is 2. The molecule has 1 saturated heterocycles. The van der Waals surface area contributed by atoms with Crippen LogP contribution in [-0.4, -0.2) is 55.5 Å². The van der Waals surface area contributed by atoms with Gasteiger partial charge in [0.15, 0.2) is 0 Å². The quantitative estimate of drug-likeness (QED) is 0.738. The van der Waals surface area contributed by atoms with Gasteiger partial charge in [0.2, 0.25) is 0 Å². The van der Waals surface area contributed by atoms with Gasteiger partial charge in [-0.25, -0.2) is 9.59 Å². The zero-order valence-electron chi connectivity index (χ0n) is 15.4. The van der Waals surface area contributed by atoms with Crippen LogP contribution in [0.4, 0.5) is 4.79 Å². The molecule has 0 bridgehead atoms. The van der Waals surface area contributed by atoms with E-state index in [9.17, 15) is 9.59 Å². The molecule has 138 valence electrons. The lowest BCUT2D eigenvalue weighted by Gasteiger charge is -2.45. The second kappa shape index (κ2) is 7.72. The van der Waals surface area contributed by atoms with E-state index in [4.69, 9.17) is 9.47 Å². The molecule has 24 heavy (non-hydrogen) atoms. The fourth-order valence-corrected chi connectivity index (χ4v) is 3.61. The molecule has 2 fully saturated rings. The molecule has 2 rings (SSSR count). The molecule has 0 atom stereocenters. The predicted molar refractivity (Wildman–Crippen MR) is 89.7 cm³/mol. The maximum Gasteiger partial charge on any atom is 0.410 e. The van der Waals surface area contributed by atoms with E-state index in [1.54, 1.807) is 0 Å². The Morgan fingerprint density at radius 2 is 1.67 bits per heavy atom. The molecule has 0 unspecified atom stereocenters. The fraction of sp³-hybridized carbons (Fsp3) is 0.889. The van der Waals surface area contributed by atoms with Crippen LogP contribution in [0.5, 0.6) is 0 Å². The Morgan fingerprint density at radius 1 is 1.08 bits per heavy atom. The van der Waals surface area contributed by atoms with Gasteiger partial charge < -0.3 is 19.1 Å². The number of amides is 1. The number of hydrogen-bond acceptors (Lipinski definition) is 5. The van der Waals surface area contributed by atoms with Crippen molar-refractivity contribution in [2.45, 2.75) is 71.0 Å². The van der Waals surface area contributed by atoms with Gasteiger partial charge in [-0.05, 0) is 64.7 Å². The fourth-order valence-electron chi connectivity index (χ4n) is 3.61. The SMILES string of the molecule is COC(=O)COC1CCC2(CC1)CCN(C(=O)OC(C)(C)C)CC2. The van der Waals surface area contributed by atoms with E-state index in [1.807, 2.05) is 25.7 Å². The van der Waals surface area contributed by atoms with Crippen molar-refractivity contribution >= 4 is 12.1 Å². The summed E-state index contributed by atoms with van der Waals surface area (Å²) in [6.07, 6.45) is 6.15. The Morgan fingerprint density at radius 3 is 2.17 bits per heavy atom. The molecule has 1 saturated carbocycles. The molecule has 0 N–H and O–H groups in total. The highest BCUT2D eigenvalue weighted by Crippen LogP contribution is 2.45. The van der Waals surface area contributed by atoms with Gasteiger partial charge in [-0.15, -0.1) is 0 Å². The number of piperidine rings is 1. The molecular weight excluding hydrogens is 310 g/mol. The number of rotatable bonds is 3. The van der Waals surface area contributed by atoms with Gasteiger partial charge >= 0.3 is 12.1 Å². The number of ether oxygens (including phenoxy) is 3. The lowest BCUT2D eigenvalue weighted by Crippen LogP contribution is -2.46. The maximum atomic E-state index is 12.2. The first kappa shape index (κ1) is 19.0. The smallest absolute Gasteiger partial charge is 0.410 e. The lowest BCUT2D eigenvalue weighted by atomic mass is 9.67. The summed E-state index contributed by atoms with van der Waals surface area (Å²) in [5.74, 6) is -0.319. The van der Waals surface area contributed by atoms with E-state index < -0.39 is 5.60 Å². The van der Waals surface area contributed by atoms with Crippen molar-refractivity contribution in [3.05, 3.63) is 0 Å². The summed E-state index contributed by atoms with van der Waals surface area (Å²) >= 11 is 0. The molecule has 0 aromatic carbocycles. The van der Waals surface area contributed by atoms with Crippen molar-refractivity contribution in [2.24, 2.45) is 5.41 Å². The van der Waals surface area contributed by atoms with Crippen LogP contribution in [0.2, 0.25) is 0 Å². The summed E-state index contributed by atoms with van der Waals surface area (Å²) in [5.41, 5.74) is -0.120. The minimum absolute atomic E-state index is 0.0423. The molecule has 6 heteroatoms. The summed E-state index contributed by atoms with van der Waals surface area (Å²) in [6.45, 7) is 7.26. The van der Waals surface area contributed by atoms with E-state index in [-0.39, 0.29) is 24.8 Å². The third-order valence-electron chi connectivity index (χ3n) is 5.13. The van der Waals surface area contributed by atoms with Gasteiger partial charge in [0.1, 0.15) is 12.2 Å². The third kappa shape index (κ3) is 5.36. The summed E-state index contributed by atoms with van der Waals surface area (Å²) < 4.78 is 15.7. The molecule has 6 nitrogen and oxygen atoms in total. The number of nitrogens with zero attached hydrogens (tertiary/aromatic N) is 1. The number of esters is 1. The van der Waals surface area contributed by atoms with Crippen LogP contribution in [-0.2, 0) is 19.0 Å². The zero-order valence-corrected chi connectivity index (χ0v) is 15.4. The lowest BCUT2D eigenvalue weighted by molar-refractivity contribution is -0.149. The van der Waals surface area contributed by atoms with Crippen LogP contribution in [0, 0.1) is 5.41 Å². The van der Waals surface area contributed by atoms with E-state index in [2.05, 4.69) is 4.74 Å². The summed E-state index contributed by atoms with van der Waals surface area (Å²) in [4.78, 5) is 25.1. The van der Waals surface area contributed by atoms with Gasteiger partial charge in [0.05, 0.1) is 13.2 Å². The molecule has 0 radical (unpaired) electrons. The highest BCUT2D eigenvalue weighted by molar-refractivity contribution is 5.70. The maximum absolute atomic E-state index is 12.2. The average Bonchev–Trinajstić information content (AvgIpc) is 2.53. The largest absolute Gasteiger partial charge is 0.467 e. The highest BCUT2D eigenvalue weighted by atomic mass is 16.6.